The highest BCUT2D eigenvalue weighted by atomic mass is 16.6. The molecular formula is C18H16N2O2. The number of aromatic nitrogens is 1. The van der Waals surface area contributed by atoms with E-state index in [0.717, 1.165) is 28.2 Å². The van der Waals surface area contributed by atoms with Gasteiger partial charge in [0.2, 0.25) is 0 Å². The fourth-order valence-corrected chi connectivity index (χ4v) is 2.70. The normalized spacial score (nSPS) is 10.6. The Hall–Kier alpha value is -2.88. The van der Waals surface area contributed by atoms with E-state index in [-0.39, 0.29) is 10.6 Å². The predicted molar refractivity (Wildman–Crippen MR) is 87.3 cm³/mol. The standard InChI is InChI=1S/C18H16N2O2/c1-13-12-16(20(21)22)9-11-17(13)19-14(2)8-10-18(19)15-6-4-3-5-7-15/h3-12H,1-2H3. The molecule has 4 heteroatoms. The number of aryl methyl sites for hydroxylation is 2. The van der Waals surface area contributed by atoms with Crippen LogP contribution in [0.2, 0.25) is 0 Å². The summed E-state index contributed by atoms with van der Waals surface area (Å²) >= 11 is 0. The van der Waals surface area contributed by atoms with Crippen molar-refractivity contribution in [3.8, 4) is 16.9 Å². The first-order chi connectivity index (χ1) is 10.6. The minimum Gasteiger partial charge on any atom is -0.314 e. The Morgan fingerprint density at radius 3 is 2.32 bits per heavy atom. The highest BCUT2D eigenvalue weighted by molar-refractivity contribution is 5.65. The fourth-order valence-electron chi connectivity index (χ4n) is 2.70. The zero-order valence-corrected chi connectivity index (χ0v) is 12.5. The van der Waals surface area contributed by atoms with Gasteiger partial charge in [-0.05, 0) is 43.2 Å². The molecule has 0 spiro atoms. The van der Waals surface area contributed by atoms with Crippen molar-refractivity contribution < 1.29 is 4.92 Å². The van der Waals surface area contributed by atoms with Gasteiger partial charge >= 0.3 is 0 Å². The number of rotatable bonds is 3. The number of non-ortho nitro benzene ring substituents is 1. The molecule has 0 amide bonds. The van der Waals surface area contributed by atoms with Crippen LogP contribution in [0.3, 0.4) is 0 Å². The third-order valence-electron chi connectivity index (χ3n) is 3.78. The molecule has 4 nitrogen and oxygen atoms in total. The van der Waals surface area contributed by atoms with Crippen LogP contribution in [0.25, 0.3) is 16.9 Å². The van der Waals surface area contributed by atoms with Crippen molar-refractivity contribution in [2.45, 2.75) is 13.8 Å². The van der Waals surface area contributed by atoms with Crippen molar-refractivity contribution in [1.82, 2.24) is 4.57 Å². The lowest BCUT2D eigenvalue weighted by Crippen LogP contribution is -2.02. The Kier molecular flexibility index (Phi) is 3.51. The second-order valence-electron chi connectivity index (χ2n) is 5.29. The van der Waals surface area contributed by atoms with Gasteiger partial charge in [-0.25, -0.2) is 0 Å². The Bertz CT molecular complexity index is 836. The van der Waals surface area contributed by atoms with Crippen LogP contribution >= 0.6 is 0 Å². The lowest BCUT2D eigenvalue weighted by Gasteiger charge is -2.14. The molecule has 0 unspecified atom stereocenters. The third kappa shape index (κ3) is 2.39. The van der Waals surface area contributed by atoms with E-state index >= 15 is 0 Å². The van der Waals surface area contributed by atoms with Gasteiger partial charge in [0.15, 0.2) is 0 Å². The monoisotopic (exact) mass is 292 g/mol. The van der Waals surface area contributed by atoms with Crippen LogP contribution in [0.15, 0.2) is 60.7 Å². The molecule has 3 aromatic rings. The number of nitro benzene ring substituents is 1. The Morgan fingerprint density at radius 2 is 1.68 bits per heavy atom. The predicted octanol–water partition coefficient (Wildman–Crippen LogP) is 4.67. The zero-order valence-electron chi connectivity index (χ0n) is 12.5. The first-order valence-electron chi connectivity index (χ1n) is 7.07. The molecule has 0 aliphatic heterocycles. The number of nitro groups is 1. The first-order valence-corrected chi connectivity index (χ1v) is 7.07. The molecule has 22 heavy (non-hydrogen) atoms. The molecule has 0 fully saturated rings. The maximum atomic E-state index is 10.9. The smallest absolute Gasteiger partial charge is 0.269 e. The lowest BCUT2D eigenvalue weighted by molar-refractivity contribution is -0.384. The average molecular weight is 292 g/mol. The van der Waals surface area contributed by atoms with Crippen LogP contribution in [0.1, 0.15) is 11.3 Å². The summed E-state index contributed by atoms with van der Waals surface area (Å²) in [5, 5.41) is 10.9. The number of hydrogen-bond donors (Lipinski definition) is 0. The molecule has 0 aliphatic carbocycles. The molecule has 0 radical (unpaired) electrons. The maximum absolute atomic E-state index is 10.9. The van der Waals surface area contributed by atoms with Crippen LogP contribution in [-0.4, -0.2) is 9.49 Å². The van der Waals surface area contributed by atoms with Crippen LogP contribution in [0.5, 0.6) is 0 Å². The van der Waals surface area contributed by atoms with E-state index < -0.39 is 0 Å². The van der Waals surface area contributed by atoms with E-state index in [0.29, 0.717) is 0 Å². The molecule has 0 aliphatic rings. The zero-order chi connectivity index (χ0) is 15.7. The molecule has 0 N–H and O–H groups in total. The summed E-state index contributed by atoms with van der Waals surface area (Å²) in [5.74, 6) is 0. The SMILES string of the molecule is Cc1cc([N+](=O)[O-])ccc1-n1c(C)ccc1-c1ccccc1. The summed E-state index contributed by atoms with van der Waals surface area (Å²) in [6, 6.07) is 19.2. The average Bonchev–Trinajstić information content (AvgIpc) is 2.89. The van der Waals surface area contributed by atoms with Crippen LogP contribution < -0.4 is 0 Å². The molecule has 0 saturated heterocycles. The summed E-state index contributed by atoms with van der Waals surface area (Å²) in [7, 11) is 0. The molecular weight excluding hydrogens is 276 g/mol. The highest BCUT2D eigenvalue weighted by Crippen LogP contribution is 2.29. The summed E-state index contributed by atoms with van der Waals surface area (Å²) in [4.78, 5) is 10.5. The van der Waals surface area contributed by atoms with E-state index in [9.17, 15) is 10.1 Å². The number of hydrogen-bond acceptors (Lipinski definition) is 2. The van der Waals surface area contributed by atoms with Crippen molar-refractivity contribution in [2.24, 2.45) is 0 Å². The van der Waals surface area contributed by atoms with Gasteiger partial charge in [-0.15, -0.1) is 0 Å². The molecule has 2 aromatic carbocycles. The molecule has 110 valence electrons. The molecule has 0 atom stereocenters. The second kappa shape index (κ2) is 5.48. The molecule has 1 aromatic heterocycles. The van der Waals surface area contributed by atoms with Crippen LogP contribution in [-0.2, 0) is 0 Å². The quantitative estimate of drug-likeness (QED) is 0.520. The van der Waals surface area contributed by atoms with Crippen molar-refractivity contribution in [3.63, 3.8) is 0 Å². The number of benzene rings is 2. The largest absolute Gasteiger partial charge is 0.314 e. The van der Waals surface area contributed by atoms with E-state index in [1.54, 1.807) is 12.1 Å². The van der Waals surface area contributed by atoms with Crippen molar-refractivity contribution in [3.05, 3.63) is 82.0 Å². The molecule has 1 heterocycles. The van der Waals surface area contributed by atoms with Gasteiger partial charge in [0.05, 0.1) is 10.6 Å². The lowest BCUT2D eigenvalue weighted by atomic mass is 10.1. The van der Waals surface area contributed by atoms with Gasteiger partial charge in [-0.2, -0.15) is 0 Å². The molecule has 0 saturated carbocycles. The van der Waals surface area contributed by atoms with Gasteiger partial charge in [-0.1, -0.05) is 30.3 Å². The summed E-state index contributed by atoms with van der Waals surface area (Å²) in [5.41, 5.74) is 5.25. The van der Waals surface area contributed by atoms with Crippen molar-refractivity contribution in [1.29, 1.82) is 0 Å². The molecule has 0 bridgehead atoms. The van der Waals surface area contributed by atoms with E-state index in [1.807, 2.05) is 38.1 Å². The van der Waals surface area contributed by atoms with Gasteiger partial charge in [0.1, 0.15) is 0 Å². The second-order valence-corrected chi connectivity index (χ2v) is 5.29. The third-order valence-corrected chi connectivity index (χ3v) is 3.78. The summed E-state index contributed by atoms with van der Waals surface area (Å²) < 4.78 is 2.13. The van der Waals surface area contributed by atoms with E-state index in [1.165, 1.54) is 0 Å². The summed E-state index contributed by atoms with van der Waals surface area (Å²) in [6.07, 6.45) is 0. The van der Waals surface area contributed by atoms with Crippen LogP contribution in [0.4, 0.5) is 5.69 Å². The van der Waals surface area contributed by atoms with E-state index in [2.05, 4.69) is 28.8 Å². The Morgan fingerprint density at radius 1 is 0.955 bits per heavy atom. The Labute approximate surface area is 128 Å². The van der Waals surface area contributed by atoms with E-state index in [4.69, 9.17) is 0 Å². The van der Waals surface area contributed by atoms with Crippen LogP contribution in [0, 0.1) is 24.0 Å². The van der Waals surface area contributed by atoms with Gasteiger partial charge < -0.3 is 4.57 Å². The van der Waals surface area contributed by atoms with Crippen molar-refractivity contribution >= 4 is 5.69 Å². The van der Waals surface area contributed by atoms with Gasteiger partial charge in [0.25, 0.3) is 5.69 Å². The fraction of sp³-hybridized carbons (Fsp3) is 0.111. The van der Waals surface area contributed by atoms with Gasteiger partial charge in [0, 0.05) is 23.5 Å². The minimum absolute atomic E-state index is 0.118. The van der Waals surface area contributed by atoms with Crippen molar-refractivity contribution in [2.75, 3.05) is 0 Å². The summed E-state index contributed by atoms with van der Waals surface area (Å²) in [6.45, 7) is 3.93. The Balaban J connectivity index is 2.17. The number of nitrogens with zero attached hydrogens (tertiary/aromatic N) is 2. The molecule has 3 rings (SSSR count). The highest BCUT2D eigenvalue weighted by Gasteiger charge is 2.14. The topological polar surface area (TPSA) is 48.1 Å². The maximum Gasteiger partial charge on any atom is 0.269 e. The van der Waals surface area contributed by atoms with Gasteiger partial charge in [-0.3, -0.25) is 10.1 Å². The minimum atomic E-state index is -0.364. The first kappa shape index (κ1) is 14.1.